The molecule has 5 rings (SSSR count). The predicted octanol–water partition coefficient (Wildman–Crippen LogP) is 4.18. The Hall–Kier alpha value is -1.52. The van der Waals surface area contributed by atoms with Crippen molar-refractivity contribution in [1.82, 2.24) is 14.8 Å². The second kappa shape index (κ2) is 6.82. The van der Waals surface area contributed by atoms with Crippen molar-refractivity contribution >= 4 is 10.9 Å². The van der Waals surface area contributed by atoms with Crippen molar-refractivity contribution in [3.8, 4) is 5.75 Å². The van der Waals surface area contributed by atoms with E-state index in [1.54, 1.807) is 7.11 Å². The molecule has 1 spiro atoms. The van der Waals surface area contributed by atoms with Gasteiger partial charge in [0.1, 0.15) is 5.75 Å². The fourth-order valence-corrected chi connectivity index (χ4v) is 5.50. The number of aryl methyl sites for hydroxylation is 1. The molecule has 2 saturated heterocycles. The van der Waals surface area contributed by atoms with Crippen LogP contribution in [-0.4, -0.2) is 54.6 Å². The molecule has 1 N–H and O–H groups in total. The van der Waals surface area contributed by atoms with Crippen molar-refractivity contribution in [3.05, 3.63) is 29.5 Å². The highest BCUT2D eigenvalue weighted by molar-refractivity contribution is 5.85. The van der Waals surface area contributed by atoms with E-state index in [-0.39, 0.29) is 0 Å². The predicted molar refractivity (Wildman–Crippen MR) is 110 cm³/mol. The van der Waals surface area contributed by atoms with Crippen molar-refractivity contribution in [3.63, 3.8) is 0 Å². The fourth-order valence-electron chi connectivity index (χ4n) is 5.50. The summed E-state index contributed by atoms with van der Waals surface area (Å²) in [4.78, 5) is 9.14. The Morgan fingerprint density at radius 1 is 1.15 bits per heavy atom. The maximum atomic E-state index is 5.41. The third-order valence-electron chi connectivity index (χ3n) is 7.22. The van der Waals surface area contributed by atoms with Gasteiger partial charge in [0.15, 0.2) is 0 Å². The quantitative estimate of drug-likeness (QED) is 0.860. The van der Waals surface area contributed by atoms with Crippen LogP contribution in [0.15, 0.2) is 18.2 Å². The van der Waals surface area contributed by atoms with Crippen molar-refractivity contribution in [1.29, 1.82) is 0 Å². The zero-order chi connectivity index (χ0) is 18.4. The molecule has 1 atom stereocenters. The SMILES string of the molecule is COc1ccc2[nH]c(CN3CCC4(CCCN(CC5CC5)C4)C3)c(C)c2c1. The smallest absolute Gasteiger partial charge is 0.119 e. The number of rotatable bonds is 5. The minimum Gasteiger partial charge on any atom is -0.497 e. The number of ether oxygens (including phenoxy) is 1. The minimum absolute atomic E-state index is 0.552. The molecular weight excluding hydrogens is 334 g/mol. The Labute approximate surface area is 162 Å². The maximum absolute atomic E-state index is 5.41. The number of H-pyrrole nitrogens is 1. The molecule has 0 radical (unpaired) electrons. The second-order valence-corrected chi connectivity index (χ2v) is 9.38. The zero-order valence-electron chi connectivity index (χ0n) is 16.9. The Morgan fingerprint density at radius 2 is 2.00 bits per heavy atom. The molecule has 1 aromatic heterocycles. The average Bonchev–Trinajstić information content (AvgIpc) is 3.33. The van der Waals surface area contributed by atoms with Gasteiger partial charge in [-0.05, 0) is 87.2 Å². The van der Waals surface area contributed by atoms with Crippen LogP contribution in [0.1, 0.15) is 43.4 Å². The lowest BCUT2D eigenvalue weighted by Gasteiger charge is -2.40. The lowest BCUT2D eigenvalue weighted by Crippen LogP contribution is -2.45. The highest BCUT2D eigenvalue weighted by Crippen LogP contribution is 2.41. The largest absolute Gasteiger partial charge is 0.497 e. The van der Waals surface area contributed by atoms with Crippen molar-refractivity contribution in [2.45, 2.75) is 45.6 Å². The molecule has 1 aromatic carbocycles. The first-order valence-electron chi connectivity index (χ1n) is 10.7. The van der Waals surface area contributed by atoms with Gasteiger partial charge >= 0.3 is 0 Å². The van der Waals surface area contributed by atoms with Crippen LogP contribution in [0.2, 0.25) is 0 Å². The Kier molecular flexibility index (Phi) is 4.44. The molecular formula is C23H33N3O. The molecule has 4 heteroatoms. The molecule has 1 unspecified atom stereocenters. The number of fused-ring (bicyclic) bond motifs is 1. The lowest BCUT2D eigenvalue weighted by molar-refractivity contribution is 0.0883. The molecule has 0 amide bonds. The summed E-state index contributed by atoms with van der Waals surface area (Å²) < 4.78 is 5.41. The number of methoxy groups -OCH3 is 1. The van der Waals surface area contributed by atoms with Crippen molar-refractivity contribution in [2.75, 3.05) is 39.8 Å². The summed E-state index contributed by atoms with van der Waals surface area (Å²) in [6, 6.07) is 6.35. The molecule has 146 valence electrons. The lowest BCUT2D eigenvalue weighted by atomic mass is 9.79. The van der Waals surface area contributed by atoms with Gasteiger partial charge in [-0.2, -0.15) is 0 Å². The number of nitrogens with one attached hydrogen (secondary N) is 1. The van der Waals surface area contributed by atoms with E-state index in [0.717, 1.165) is 18.2 Å². The van der Waals surface area contributed by atoms with E-state index in [9.17, 15) is 0 Å². The van der Waals surface area contributed by atoms with E-state index in [1.807, 2.05) is 6.07 Å². The van der Waals surface area contributed by atoms with Gasteiger partial charge in [0.2, 0.25) is 0 Å². The average molecular weight is 368 g/mol. The zero-order valence-corrected chi connectivity index (χ0v) is 16.9. The first-order valence-corrected chi connectivity index (χ1v) is 10.7. The summed E-state index contributed by atoms with van der Waals surface area (Å²) in [6.07, 6.45) is 7.14. The van der Waals surface area contributed by atoms with Gasteiger partial charge in [0.25, 0.3) is 0 Å². The van der Waals surface area contributed by atoms with Crippen LogP contribution >= 0.6 is 0 Å². The van der Waals surface area contributed by atoms with Crippen LogP contribution < -0.4 is 4.74 Å². The first-order chi connectivity index (χ1) is 13.1. The van der Waals surface area contributed by atoms with Crippen LogP contribution in [-0.2, 0) is 6.54 Å². The maximum Gasteiger partial charge on any atom is 0.119 e. The third-order valence-corrected chi connectivity index (χ3v) is 7.22. The van der Waals surface area contributed by atoms with E-state index >= 15 is 0 Å². The monoisotopic (exact) mass is 367 g/mol. The summed E-state index contributed by atoms with van der Waals surface area (Å²) in [5, 5.41) is 1.30. The van der Waals surface area contributed by atoms with Crippen LogP contribution in [0.3, 0.4) is 0 Å². The molecule has 2 aliphatic heterocycles. The van der Waals surface area contributed by atoms with E-state index < -0.39 is 0 Å². The molecule has 3 heterocycles. The summed E-state index contributed by atoms with van der Waals surface area (Å²) in [5.41, 5.74) is 4.53. The minimum atomic E-state index is 0.552. The molecule has 1 aliphatic carbocycles. The number of hydrogen-bond acceptors (Lipinski definition) is 3. The van der Waals surface area contributed by atoms with Crippen LogP contribution in [0.5, 0.6) is 5.75 Å². The van der Waals surface area contributed by atoms with Crippen LogP contribution in [0.25, 0.3) is 10.9 Å². The molecule has 0 bridgehead atoms. The van der Waals surface area contributed by atoms with Crippen LogP contribution in [0.4, 0.5) is 0 Å². The third kappa shape index (κ3) is 3.50. The van der Waals surface area contributed by atoms with Gasteiger partial charge in [-0.1, -0.05) is 0 Å². The van der Waals surface area contributed by atoms with E-state index in [4.69, 9.17) is 4.74 Å². The van der Waals surface area contributed by atoms with Gasteiger partial charge in [0, 0.05) is 42.8 Å². The molecule has 2 aromatic rings. The molecule has 3 aliphatic rings. The summed E-state index contributed by atoms with van der Waals surface area (Å²) in [6.45, 7) is 9.85. The van der Waals surface area contributed by atoms with E-state index in [0.29, 0.717) is 5.41 Å². The fraction of sp³-hybridized carbons (Fsp3) is 0.652. The number of aromatic amines is 1. The highest BCUT2D eigenvalue weighted by atomic mass is 16.5. The molecule has 1 saturated carbocycles. The molecule has 3 fully saturated rings. The number of nitrogens with zero attached hydrogens (tertiary/aromatic N) is 2. The van der Waals surface area contributed by atoms with Crippen molar-refractivity contribution in [2.24, 2.45) is 11.3 Å². The summed E-state index contributed by atoms with van der Waals surface area (Å²) >= 11 is 0. The van der Waals surface area contributed by atoms with Gasteiger partial charge in [-0.3, -0.25) is 4.90 Å². The van der Waals surface area contributed by atoms with Crippen molar-refractivity contribution < 1.29 is 4.74 Å². The Balaban J connectivity index is 1.28. The summed E-state index contributed by atoms with van der Waals surface area (Å²) in [7, 11) is 1.74. The van der Waals surface area contributed by atoms with Crippen LogP contribution in [0, 0.1) is 18.3 Å². The van der Waals surface area contributed by atoms with E-state index in [1.165, 1.54) is 87.0 Å². The second-order valence-electron chi connectivity index (χ2n) is 9.38. The topological polar surface area (TPSA) is 31.5 Å². The van der Waals surface area contributed by atoms with Gasteiger partial charge in [0.05, 0.1) is 7.11 Å². The number of benzene rings is 1. The van der Waals surface area contributed by atoms with Gasteiger partial charge in [-0.15, -0.1) is 0 Å². The number of piperidine rings is 1. The number of likely N-dealkylation sites (tertiary alicyclic amines) is 2. The van der Waals surface area contributed by atoms with Gasteiger partial charge < -0.3 is 14.6 Å². The Morgan fingerprint density at radius 3 is 2.81 bits per heavy atom. The Bertz CT molecular complexity index is 824. The first kappa shape index (κ1) is 17.6. The molecule has 27 heavy (non-hydrogen) atoms. The van der Waals surface area contributed by atoms with E-state index in [2.05, 4.69) is 33.8 Å². The van der Waals surface area contributed by atoms with Gasteiger partial charge in [-0.25, -0.2) is 0 Å². The standard InChI is InChI=1S/C23H33N3O/c1-17-20-12-19(27-2)6-7-21(20)24-22(17)14-26-11-9-23(16-26)8-3-10-25(15-23)13-18-4-5-18/h6-7,12,18,24H,3-5,8-11,13-16H2,1-2H3. The molecule has 4 nitrogen and oxygen atoms in total. The summed E-state index contributed by atoms with van der Waals surface area (Å²) in [5.74, 6) is 1.96. The normalized spacial score (nSPS) is 27.0. The number of hydrogen-bond donors (Lipinski definition) is 1. The highest BCUT2D eigenvalue weighted by Gasteiger charge is 2.42. The number of aromatic nitrogens is 1.